The van der Waals surface area contributed by atoms with E-state index in [1.54, 1.807) is 6.92 Å². The van der Waals surface area contributed by atoms with Gasteiger partial charge in [0.2, 0.25) is 5.91 Å². The SMILES string of the molecule is C=C(C)C(C)(F)c1cc(F)ccc1CC(=O)Nc1nc(C2=CC(C(C)C)CC=C2)cs1. The third-order valence-corrected chi connectivity index (χ3v) is 6.49. The highest BCUT2D eigenvalue weighted by Crippen LogP contribution is 2.35. The van der Waals surface area contributed by atoms with Crippen molar-refractivity contribution in [3.63, 3.8) is 0 Å². The van der Waals surface area contributed by atoms with E-state index in [0.717, 1.165) is 23.8 Å². The molecular weight excluding hydrogens is 414 g/mol. The minimum atomic E-state index is -1.93. The first-order chi connectivity index (χ1) is 14.6. The largest absolute Gasteiger partial charge is 0.302 e. The van der Waals surface area contributed by atoms with Crippen LogP contribution in [0.4, 0.5) is 13.9 Å². The number of halogens is 2. The second kappa shape index (κ2) is 9.27. The highest BCUT2D eigenvalue weighted by Gasteiger charge is 2.30. The van der Waals surface area contributed by atoms with Crippen molar-refractivity contribution in [2.45, 2.75) is 46.2 Å². The summed E-state index contributed by atoms with van der Waals surface area (Å²) in [5.74, 6) is 0.130. The van der Waals surface area contributed by atoms with Gasteiger partial charge < -0.3 is 5.32 Å². The summed E-state index contributed by atoms with van der Waals surface area (Å²) in [5.41, 5.74) is 0.727. The normalized spacial score (nSPS) is 17.9. The maximum atomic E-state index is 15.1. The molecule has 0 bridgehead atoms. The average Bonchev–Trinajstić information content (AvgIpc) is 3.17. The van der Waals surface area contributed by atoms with E-state index in [2.05, 4.69) is 49.0 Å². The van der Waals surface area contributed by atoms with E-state index in [9.17, 15) is 9.18 Å². The van der Waals surface area contributed by atoms with Crippen LogP contribution < -0.4 is 5.32 Å². The minimum absolute atomic E-state index is 0.0880. The van der Waals surface area contributed by atoms with Crippen LogP contribution in [-0.2, 0) is 16.9 Å². The number of thiazole rings is 1. The number of hydrogen-bond acceptors (Lipinski definition) is 3. The van der Waals surface area contributed by atoms with Crippen molar-refractivity contribution >= 4 is 27.9 Å². The van der Waals surface area contributed by atoms with Crippen molar-refractivity contribution < 1.29 is 13.6 Å². The topological polar surface area (TPSA) is 42.0 Å². The monoisotopic (exact) mass is 442 g/mol. The Kier molecular flexibility index (Phi) is 6.90. The third-order valence-electron chi connectivity index (χ3n) is 5.73. The molecule has 0 spiro atoms. The molecule has 0 saturated carbocycles. The van der Waals surface area contributed by atoms with Crippen LogP contribution in [0.3, 0.4) is 0 Å². The van der Waals surface area contributed by atoms with Crippen molar-refractivity contribution in [2.24, 2.45) is 11.8 Å². The van der Waals surface area contributed by atoms with Gasteiger partial charge in [0.1, 0.15) is 5.82 Å². The standard InChI is InChI=1S/C25H28F2N2OS/c1-15(2)17-7-6-8-19(11-17)22-14-31-24(28-22)29-23(30)12-18-9-10-20(26)13-21(18)25(5,27)16(3)4/h6,8-11,13-15,17H,3,7,12H2,1-2,4-5H3,(H,28,29,30). The Labute approximate surface area is 186 Å². The molecule has 2 atom stereocenters. The van der Waals surface area contributed by atoms with Crippen LogP contribution in [0, 0.1) is 17.7 Å². The molecule has 1 aromatic heterocycles. The molecule has 0 saturated heterocycles. The summed E-state index contributed by atoms with van der Waals surface area (Å²) in [6.07, 6.45) is 7.38. The summed E-state index contributed by atoms with van der Waals surface area (Å²) in [6.45, 7) is 10.9. The van der Waals surface area contributed by atoms with E-state index in [-0.39, 0.29) is 23.5 Å². The first-order valence-electron chi connectivity index (χ1n) is 10.4. The Morgan fingerprint density at radius 3 is 2.84 bits per heavy atom. The van der Waals surface area contributed by atoms with Crippen LogP contribution in [0.2, 0.25) is 0 Å². The van der Waals surface area contributed by atoms with Crippen molar-refractivity contribution in [1.82, 2.24) is 4.98 Å². The molecule has 1 aliphatic rings. The van der Waals surface area contributed by atoms with Gasteiger partial charge in [0.15, 0.2) is 10.8 Å². The van der Waals surface area contributed by atoms with Crippen molar-refractivity contribution in [2.75, 3.05) is 5.32 Å². The number of carbonyl (C=O) groups excluding carboxylic acids is 1. The summed E-state index contributed by atoms with van der Waals surface area (Å²) in [7, 11) is 0. The van der Waals surface area contributed by atoms with Crippen LogP contribution in [0.15, 0.2) is 54.0 Å². The van der Waals surface area contributed by atoms with Crippen LogP contribution in [0.1, 0.15) is 50.9 Å². The smallest absolute Gasteiger partial charge is 0.230 e. The first kappa shape index (κ1) is 23.1. The lowest BCUT2D eigenvalue weighted by Gasteiger charge is -2.24. The van der Waals surface area contributed by atoms with Gasteiger partial charge in [0, 0.05) is 5.38 Å². The summed E-state index contributed by atoms with van der Waals surface area (Å²) >= 11 is 1.34. The van der Waals surface area contributed by atoms with E-state index in [0.29, 0.717) is 22.5 Å². The molecule has 0 aliphatic heterocycles. The van der Waals surface area contributed by atoms with Gasteiger partial charge in [-0.3, -0.25) is 4.79 Å². The van der Waals surface area contributed by atoms with Gasteiger partial charge in [-0.15, -0.1) is 11.3 Å². The zero-order valence-corrected chi connectivity index (χ0v) is 19.2. The number of aromatic nitrogens is 1. The van der Waals surface area contributed by atoms with Crippen molar-refractivity contribution in [3.8, 4) is 0 Å². The molecular formula is C25H28F2N2OS. The number of anilines is 1. The Balaban J connectivity index is 1.75. The summed E-state index contributed by atoms with van der Waals surface area (Å²) in [4.78, 5) is 17.2. The van der Waals surface area contributed by atoms with Gasteiger partial charge in [-0.25, -0.2) is 13.8 Å². The Bertz CT molecular complexity index is 1050. The molecule has 1 N–H and O–H groups in total. The van der Waals surface area contributed by atoms with E-state index < -0.39 is 11.5 Å². The number of carbonyl (C=O) groups is 1. The van der Waals surface area contributed by atoms with Gasteiger partial charge >= 0.3 is 0 Å². The number of amides is 1. The zero-order valence-electron chi connectivity index (χ0n) is 18.3. The lowest BCUT2D eigenvalue weighted by atomic mass is 9.86. The molecule has 6 heteroatoms. The Hall–Kier alpha value is -2.60. The van der Waals surface area contributed by atoms with Gasteiger partial charge in [0.05, 0.1) is 12.1 Å². The molecule has 3 nitrogen and oxygen atoms in total. The fraction of sp³-hybridized carbons (Fsp3) is 0.360. The minimum Gasteiger partial charge on any atom is -0.302 e. The van der Waals surface area contributed by atoms with Crippen LogP contribution in [-0.4, -0.2) is 10.9 Å². The highest BCUT2D eigenvalue weighted by atomic mass is 32.1. The maximum Gasteiger partial charge on any atom is 0.230 e. The van der Waals surface area contributed by atoms with Crippen molar-refractivity contribution in [1.29, 1.82) is 0 Å². The summed E-state index contributed by atoms with van der Waals surface area (Å²) in [5, 5.41) is 5.18. The van der Waals surface area contributed by atoms with Crippen molar-refractivity contribution in [3.05, 3.63) is 76.6 Å². The Morgan fingerprint density at radius 1 is 1.42 bits per heavy atom. The average molecular weight is 443 g/mol. The molecule has 1 aliphatic carbocycles. The number of rotatable bonds is 7. The Morgan fingerprint density at radius 2 is 2.16 bits per heavy atom. The number of nitrogens with one attached hydrogen (secondary N) is 1. The quantitative estimate of drug-likeness (QED) is 0.477. The predicted octanol–water partition coefficient (Wildman–Crippen LogP) is 6.84. The molecule has 0 fully saturated rings. The summed E-state index contributed by atoms with van der Waals surface area (Å²) in [6, 6.07) is 3.81. The first-order valence-corrected chi connectivity index (χ1v) is 11.2. The number of allylic oxidation sites excluding steroid dienone is 5. The molecule has 1 amide bonds. The fourth-order valence-electron chi connectivity index (χ4n) is 3.51. The number of nitrogens with zero attached hydrogens (tertiary/aromatic N) is 1. The number of benzene rings is 1. The molecule has 2 aromatic rings. The highest BCUT2D eigenvalue weighted by molar-refractivity contribution is 7.14. The third kappa shape index (κ3) is 5.37. The lowest BCUT2D eigenvalue weighted by molar-refractivity contribution is -0.115. The molecule has 164 valence electrons. The number of hydrogen-bond donors (Lipinski definition) is 1. The molecule has 3 rings (SSSR count). The van der Waals surface area contributed by atoms with E-state index in [4.69, 9.17) is 0 Å². The van der Waals surface area contributed by atoms with E-state index in [1.165, 1.54) is 30.4 Å². The molecule has 0 radical (unpaired) electrons. The van der Waals surface area contributed by atoms with E-state index in [1.807, 2.05) is 5.38 Å². The molecule has 1 heterocycles. The molecule has 1 aromatic carbocycles. The second-order valence-corrected chi connectivity index (χ2v) is 9.37. The maximum absolute atomic E-state index is 15.1. The molecule has 31 heavy (non-hydrogen) atoms. The summed E-state index contributed by atoms with van der Waals surface area (Å²) < 4.78 is 28.9. The van der Waals surface area contributed by atoms with Crippen LogP contribution >= 0.6 is 11.3 Å². The lowest BCUT2D eigenvalue weighted by Crippen LogP contribution is -2.22. The second-order valence-electron chi connectivity index (χ2n) is 8.52. The van der Waals surface area contributed by atoms with Gasteiger partial charge in [-0.2, -0.15) is 0 Å². The van der Waals surface area contributed by atoms with E-state index >= 15 is 4.39 Å². The van der Waals surface area contributed by atoms with Crippen LogP contribution in [0.25, 0.3) is 5.57 Å². The van der Waals surface area contributed by atoms with Gasteiger partial charge in [-0.05, 0) is 66.5 Å². The molecule has 2 unspecified atom stereocenters. The zero-order chi connectivity index (χ0) is 22.8. The van der Waals surface area contributed by atoms with Crippen LogP contribution in [0.5, 0.6) is 0 Å². The predicted molar refractivity (Wildman–Crippen MR) is 124 cm³/mol. The fourth-order valence-corrected chi connectivity index (χ4v) is 4.25. The van der Waals surface area contributed by atoms with Gasteiger partial charge in [0.25, 0.3) is 0 Å². The number of alkyl halides is 1. The van der Waals surface area contributed by atoms with Gasteiger partial charge in [-0.1, -0.05) is 44.7 Å².